The molecule has 0 aromatic rings. The Morgan fingerprint density at radius 1 is 0.882 bits per heavy atom. The highest BCUT2D eigenvalue weighted by Crippen LogP contribution is 2.24. The van der Waals surface area contributed by atoms with E-state index in [1.807, 2.05) is 5.40 Å². The molecule has 0 unspecified atom stereocenters. The first-order valence-corrected chi connectivity index (χ1v) is 7.76. The normalized spacial score (nSPS) is 20.9. The number of thiocyanates is 1. The summed E-state index contributed by atoms with van der Waals surface area (Å²) >= 11 is 0.842. The Morgan fingerprint density at radius 2 is 1.29 bits per heavy atom. The van der Waals surface area contributed by atoms with Gasteiger partial charge in [0.05, 0.1) is 0 Å². The fraction of sp³-hybridized carbons (Fsp3) is 0.857. The first-order chi connectivity index (χ1) is 8.34. The lowest BCUT2D eigenvalue weighted by Crippen LogP contribution is -2.11. The van der Waals surface area contributed by atoms with E-state index in [9.17, 15) is 4.79 Å². The Hall–Kier alpha value is -0.490. The maximum atomic E-state index is 11.8. The molecule has 1 aliphatic carbocycles. The summed E-state index contributed by atoms with van der Waals surface area (Å²) in [6.07, 6.45) is 13.5. The number of thioether (sulfide) groups is 1. The van der Waals surface area contributed by atoms with Crippen LogP contribution < -0.4 is 0 Å². The molecule has 96 valence electrons. The average Bonchev–Trinajstić information content (AvgIpc) is 2.30. The number of rotatable bonds is 1. The van der Waals surface area contributed by atoms with Gasteiger partial charge in [-0.1, -0.05) is 57.8 Å². The van der Waals surface area contributed by atoms with Crippen molar-refractivity contribution in [3.05, 3.63) is 0 Å². The number of carbonyl (C=O) groups is 1. The largest absolute Gasteiger partial charge is 0.286 e. The van der Waals surface area contributed by atoms with Crippen LogP contribution in [0, 0.1) is 16.6 Å². The van der Waals surface area contributed by atoms with Crippen molar-refractivity contribution < 1.29 is 4.79 Å². The molecular weight excluding hydrogens is 230 g/mol. The molecule has 0 atom stereocenters. The van der Waals surface area contributed by atoms with Crippen molar-refractivity contribution in [2.24, 2.45) is 5.92 Å². The Morgan fingerprint density at radius 3 is 1.71 bits per heavy atom. The van der Waals surface area contributed by atoms with Crippen LogP contribution in [0.25, 0.3) is 0 Å². The van der Waals surface area contributed by atoms with E-state index < -0.39 is 0 Å². The van der Waals surface area contributed by atoms with Gasteiger partial charge in [0.2, 0.25) is 5.12 Å². The summed E-state index contributed by atoms with van der Waals surface area (Å²) < 4.78 is 0. The van der Waals surface area contributed by atoms with Gasteiger partial charge >= 0.3 is 0 Å². The molecule has 1 fully saturated rings. The minimum absolute atomic E-state index is 0.101. The molecule has 0 N–H and O–H groups in total. The second-order valence-corrected chi connectivity index (χ2v) is 5.76. The molecule has 0 amide bonds. The maximum Gasteiger partial charge on any atom is 0.206 e. The van der Waals surface area contributed by atoms with E-state index in [4.69, 9.17) is 5.26 Å². The molecule has 0 aromatic carbocycles. The number of nitriles is 1. The molecule has 0 aliphatic heterocycles. The molecule has 0 heterocycles. The van der Waals surface area contributed by atoms with E-state index in [0.29, 0.717) is 0 Å². The quantitative estimate of drug-likeness (QED) is 0.639. The van der Waals surface area contributed by atoms with Gasteiger partial charge in [-0.3, -0.25) is 4.79 Å². The predicted molar refractivity (Wildman–Crippen MR) is 72.5 cm³/mol. The van der Waals surface area contributed by atoms with Crippen LogP contribution >= 0.6 is 11.8 Å². The van der Waals surface area contributed by atoms with Crippen molar-refractivity contribution in [1.82, 2.24) is 0 Å². The Balaban J connectivity index is 2.37. The number of nitrogens with zero attached hydrogens (tertiary/aromatic N) is 1. The van der Waals surface area contributed by atoms with Gasteiger partial charge in [-0.2, -0.15) is 5.26 Å². The van der Waals surface area contributed by atoms with Crippen LogP contribution in [0.2, 0.25) is 0 Å². The Kier molecular flexibility index (Phi) is 8.17. The third-order valence-electron chi connectivity index (χ3n) is 3.58. The average molecular weight is 253 g/mol. The standard InChI is InChI=1S/C14H23NOS/c15-12-17-14(16)13-10-8-6-4-2-1-3-5-7-9-11-13/h13H,1-11H2. The van der Waals surface area contributed by atoms with E-state index in [2.05, 4.69) is 0 Å². The second kappa shape index (κ2) is 9.53. The zero-order valence-electron chi connectivity index (χ0n) is 10.6. The van der Waals surface area contributed by atoms with E-state index in [-0.39, 0.29) is 11.0 Å². The third-order valence-corrected chi connectivity index (χ3v) is 4.21. The SMILES string of the molecule is N#CSC(=O)C1CCCCCCCCCCC1. The zero-order chi connectivity index (χ0) is 12.3. The van der Waals surface area contributed by atoms with Crippen molar-refractivity contribution >= 4 is 16.9 Å². The minimum Gasteiger partial charge on any atom is -0.286 e. The molecule has 1 rings (SSSR count). The molecule has 0 spiro atoms. The molecule has 1 aliphatic rings. The van der Waals surface area contributed by atoms with Gasteiger partial charge in [0.15, 0.2) is 0 Å². The van der Waals surface area contributed by atoms with Crippen LogP contribution in [0.4, 0.5) is 0 Å². The summed E-state index contributed by atoms with van der Waals surface area (Å²) in [4.78, 5) is 11.8. The molecule has 2 nitrogen and oxygen atoms in total. The third kappa shape index (κ3) is 6.73. The minimum atomic E-state index is 0.101. The van der Waals surface area contributed by atoms with Crippen LogP contribution in [0.1, 0.15) is 70.6 Å². The highest BCUT2D eigenvalue weighted by atomic mass is 32.2. The highest BCUT2D eigenvalue weighted by molar-refractivity contribution is 8.17. The summed E-state index contributed by atoms with van der Waals surface area (Å²) in [5.74, 6) is 0.138. The van der Waals surface area contributed by atoms with Crippen molar-refractivity contribution in [2.45, 2.75) is 70.6 Å². The number of hydrogen-bond donors (Lipinski definition) is 0. The second-order valence-electron chi connectivity index (χ2n) is 4.97. The molecule has 1 saturated carbocycles. The smallest absolute Gasteiger partial charge is 0.206 e. The summed E-state index contributed by atoms with van der Waals surface area (Å²) in [5, 5.41) is 10.6. The molecule has 0 radical (unpaired) electrons. The van der Waals surface area contributed by atoms with Crippen LogP contribution in [0.15, 0.2) is 0 Å². The van der Waals surface area contributed by atoms with Crippen LogP contribution in [0.5, 0.6) is 0 Å². The van der Waals surface area contributed by atoms with Gasteiger partial charge in [-0.05, 0) is 12.8 Å². The fourth-order valence-electron chi connectivity index (χ4n) is 2.53. The summed E-state index contributed by atoms with van der Waals surface area (Å²) in [5.41, 5.74) is 0. The highest BCUT2D eigenvalue weighted by Gasteiger charge is 2.18. The van der Waals surface area contributed by atoms with Crippen LogP contribution in [-0.2, 0) is 4.79 Å². The van der Waals surface area contributed by atoms with E-state index >= 15 is 0 Å². The monoisotopic (exact) mass is 253 g/mol. The lowest BCUT2D eigenvalue weighted by Gasteiger charge is -2.14. The van der Waals surface area contributed by atoms with Gasteiger partial charge in [0.1, 0.15) is 5.40 Å². The van der Waals surface area contributed by atoms with Gasteiger partial charge in [-0.15, -0.1) is 0 Å². The van der Waals surface area contributed by atoms with Crippen molar-refractivity contribution in [3.8, 4) is 5.40 Å². The van der Waals surface area contributed by atoms with Crippen LogP contribution in [-0.4, -0.2) is 5.12 Å². The molecule has 3 heteroatoms. The molecule has 0 aromatic heterocycles. The summed E-state index contributed by atoms with van der Waals surface area (Å²) in [6, 6.07) is 0. The molecule has 0 bridgehead atoms. The van der Waals surface area contributed by atoms with Gasteiger partial charge in [0, 0.05) is 17.7 Å². The summed E-state index contributed by atoms with van der Waals surface area (Å²) in [7, 11) is 0. The Bertz CT molecular complexity index is 247. The van der Waals surface area contributed by atoms with Crippen LogP contribution in [0.3, 0.4) is 0 Å². The van der Waals surface area contributed by atoms with Gasteiger partial charge < -0.3 is 0 Å². The number of carbonyl (C=O) groups excluding carboxylic acids is 1. The summed E-state index contributed by atoms with van der Waals surface area (Å²) in [6.45, 7) is 0. The van der Waals surface area contributed by atoms with Crippen molar-refractivity contribution in [3.63, 3.8) is 0 Å². The molecule has 0 saturated heterocycles. The molecular formula is C14H23NOS. The number of hydrogen-bond acceptors (Lipinski definition) is 3. The first kappa shape index (κ1) is 14.6. The van der Waals surface area contributed by atoms with Gasteiger partial charge in [-0.25, -0.2) is 0 Å². The Labute approximate surface area is 109 Å². The maximum absolute atomic E-state index is 11.8. The topological polar surface area (TPSA) is 40.9 Å². The zero-order valence-corrected chi connectivity index (χ0v) is 11.4. The van der Waals surface area contributed by atoms with E-state index in [1.54, 1.807) is 0 Å². The fourth-order valence-corrected chi connectivity index (χ4v) is 3.02. The van der Waals surface area contributed by atoms with Crippen molar-refractivity contribution in [2.75, 3.05) is 0 Å². The predicted octanol–water partition coefficient (Wildman–Crippen LogP) is 4.65. The lowest BCUT2D eigenvalue weighted by molar-refractivity contribution is -0.114. The van der Waals surface area contributed by atoms with E-state index in [1.165, 1.54) is 44.9 Å². The van der Waals surface area contributed by atoms with Gasteiger partial charge in [0.25, 0.3) is 0 Å². The van der Waals surface area contributed by atoms with Crippen molar-refractivity contribution in [1.29, 1.82) is 5.26 Å². The lowest BCUT2D eigenvalue weighted by atomic mass is 9.94. The molecule has 17 heavy (non-hydrogen) atoms. The van der Waals surface area contributed by atoms with E-state index in [0.717, 1.165) is 37.4 Å². The first-order valence-electron chi connectivity index (χ1n) is 6.94.